The molecule has 0 aliphatic heterocycles. The van der Waals surface area contributed by atoms with E-state index >= 15 is 0 Å². The number of carbonyl (C=O) groups excluding carboxylic acids is 1. The number of nitrogens with two attached hydrogens (primary N) is 1. The first-order valence-corrected chi connectivity index (χ1v) is 9.09. The fourth-order valence-electron chi connectivity index (χ4n) is 4.88. The molecule has 2 spiro atoms. The Morgan fingerprint density at radius 2 is 2.00 bits per heavy atom. The Labute approximate surface area is 150 Å². The maximum atomic E-state index is 11.2. The van der Waals surface area contributed by atoms with E-state index < -0.39 is 5.91 Å². The van der Waals surface area contributed by atoms with Crippen LogP contribution in [0.25, 0.3) is 5.82 Å². The van der Waals surface area contributed by atoms with E-state index in [2.05, 4.69) is 10.1 Å². The highest BCUT2D eigenvalue weighted by Crippen LogP contribution is 2.93. The lowest BCUT2D eigenvalue weighted by molar-refractivity contribution is 0.1000. The predicted octanol–water partition coefficient (Wildman–Crippen LogP) is 2.98. The van der Waals surface area contributed by atoms with Crippen molar-refractivity contribution in [1.29, 1.82) is 0 Å². The Morgan fingerprint density at radius 3 is 2.60 bits per heavy atom. The molecule has 2 N–H and O–H groups in total. The molecule has 25 heavy (non-hydrogen) atoms. The van der Waals surface area contributed by atoms with Crippen molar-refractivity contribution in [3.63, 3.8) is 0 Å². The second-order valence-electron chi connectivity index (χ2n) is 7.47. The van der Waals surface area contributed by atoms with Crippen molar-refractivity contribution in [3.05, 3.63) is 35.1 Å². The summed E-state index contributed by atoms with van der Waals surface area (Å²) in [5.74, 6) is 1.37. The molecule has 0 atom stereocenters. The van der Waals surface area contributed by atoms with Gasteiger partial charge in [-0.15, -0.1) is 5.10 Å². The standard InChI is InChI=1S/C18H19ClN4O2/c19-15-11(16(20)24)1-2-13(21-15)23-9-3-14(22-23)25-10-4-12-17(5-6-17)18(12)7-8-18/h1-3,9,12H,4-8,10H2,(H2,20,24). The van der Waals surface area contributed by atoms with Crippen LogP contribution in [-0.4, -0.2) is 27.3 Å². The SMILES string of the molecule is NC(=O)c1ccc(-n2ccc(OCCC3C4(CC4)C34CC4)n2)nc1Cl. The van der Waals surface area contributed by atoms with Crippen molar-refractivity contribution < 1.29 is 9.53 Å². The van der Waals surface area contributed by atoms with Crippen LogP contribution in [0.3, 0.4) is 0 Å². The summed E-state index contributed by atoms with van der Waals surface area (Å²) in [6.07, 6.45) is 8.62. The van der Waals surface area contributed by atoms with Crippen molar-refractivity contribution in [3.8, 4) is 11.7 Å². The van der Waals surface area contributed by atoms with Gasteiger partial charge in [-0.1, -0.05) is 11.6 Å². The second-order valence-corrected chi connectivity index (χ2v) is 7.83. The predicted molar refractivity (Wildman–Crippen MR) is 91.8 cm³/mol. The average Bonchev–Trinajstić information content (AvgIpc) is 3.53. The Morgan fingerprint density at radius 1 is 1.28 bits per heavy atom. The highest BCUT2D eigenvalue weighted by atomic mass is 35.5. The lowest BCUT2D eigenvalue weighted by Crippen LogP contribution is -2.13. The highest BCUT2D eigenvalue weighted by molar-refractivity contribution is 6.32. The lowest BCUT2D eigenvalue weighted by Gasteiger charge is -2.04. The molecule has 0 aromatic carbocycles. The molecule has 0 unspecified atom stereocenters. The molecule has 3 fully saturated rings. The minimum Gasteiger partial charge on any atom is -0.477 e. The molecule has 3 aliphatic rings. The molecule has 1 amide bonds. The van der Waals surface area contributed by atoms with E-state index in [1.807, 2.05) is 6.07 Å². The van der Waals surface area contributed by atoms with Gasteiger partial charge in [-0.05, 0) is 61.0 Å². The number of rotatable bonds is 6. The first-order valence-electron chi connectivity index (χ1n) is 8.71. The van der Waals surface area contributed by atoms with Crippen molar-refractivity contribution >= 4 is 17.5 Å². The van der Waals surface area contributed by atoms with Gasteiger partial charge in [-0.2, -0.15) is 0 Å². The molecule has 3 saturated carbocycles. The average molecular weight is 359 g/mol. The molecular weight excluding hydrogens is 340 g/mol. The molecule has 5 rings (SSSR count). The number of ether oxygens (including phenoxy) is 1. The Hall–Kier alpha value is -2.08. The number of halogens is 1. The normalized spacial score (nSPS) is 21.5. The van der Waals surface area contributed by atoms with Crippen molar-refractivity contribution in [2.75, 3.05) is 6.61 Å². The number of hydrogen-bond acceptors (Lipinski definition) is 4. The topological polar surface area (TPSA) is 83.0 Å². The number of nitrogens with zero attached hydrogens (tertiary/aromatic N) is 3. The summed E-state index contributed by atoms with van der Waals surface area (Å²) in [5.41, 5.74) is 6.87. The zero-order valence-electron chi connectivity index (χ0n) is 13.7. The molecule has 3 aliphatic carbocycles. The lowest BCUT2D eigenvalue weighted by atomic mass is 10.2. The van der Waals surface area contributed by atoms with Crippen LogP contribution in [-0.2, 0) is 0 Å². The summed E-state index contributed by atoms with van der Waals surface area (Å²) in [7, 11) is 0. The van der Waals surface area contributed by atoms with Gasteiger partial charge in [-0.3, -0.25) is 4.79 Å². The molecule has 7 heteroatoms. The number of carbonyl (C=O) groups is 1. The number of hydrogen-bond donors (Lipinski definition) is 1. The van der Waals surface area contributed by atoms with E-state index in [1.54, 1.807) is 23.0 Å². The van der Waals surface area contributed by atoms with Gasteiger partial charge in [0.05, 0.1) is 12.2 Å². The van der Waals surface area contributed by atoms with Crippen LogP contribution in [0.1, 0.15) is 42.5 Å². The van der Waals surface area contributed by atoms with Crippen LogP contribution < -0.4 is 10.5 Å². The van der Waals surface area contributed by atoms with E-state index in [4.69, 9.17) is 22.1 Å². The van der Waals surface area contributed by atoms with Crippen molar-refractivity contribution in [2.24, 2.45) is 22.5 Å². The van der Waals surface area contributed by atoms with Crippen LogP contribution in [0.15, 0.2) is 24.4 Å². The van der Waals surface area contributed by atoms with Gasteiger partial charge < -0.3 is 10.5 Å². The Balaban J connectivity index is 1.22. The molecule has 0 radical (unpaired) electrons. The fourth-order valence-corrected chi connectivity index (χ4v) is 5.13. The Kier molecular flexibility index (Phi) is 3.02. The zero-order valence-corrected chi connectivity index (χ0v) is 14.5. The molecule has 6 nitrogen and oxygen atoms in total. The van der Waals surface area contributed by atoms with E-state index in [0.29, 0.717) is 18.3 Å². The largest absolute Gasteiger partial charge is 0.477 e. The monoisotopic (exact) mass is 358 g/mol. The zero-order chi connectivity index (χ0) is 17.2. The number of amides is 1. The van der Waals surface area contributed by atoms with Crippen LogP contribution in [0.2, 0.25) is 5.15 Å². The summed E-state index contributed by atoms with van der Waals surface area (Å²) in [4.78, 5) is 15.4. The summed E-state index contributed by atoms with van der Waals surface area (Å²) in [5, 5.41) is 4.44. The molecule has 2 heterocycles. The molecule has 2 aromatic heterocycles. The third-order valence-corrected chi connectivity index (χ3v) is 6.66. The maximum Gasteiger partial charge on any atom is 0.251 e. The maximum absolute atomic E-state index is 11.2. The molecule has 2 aromatic rings. The van der Waals surface area contributed by atoms with E-state index in [1.165, 1.54) is 25.7 Å². The van der Waals surface area contributed by atoms with Gasteiger partial charge in [0.25, 0.3) is 5.91 Å². The number of pyridine rings is 1. The summed E-state index contributed by atoms with van der Waals surface area (Å²) in [6.45, 7) is 0.708. The molecule has 130 valence electrons. The van der Waals surface area contributed by atoms with Gasteiger partial charge in [0.1, 0.15) is 5.15 Å². The minimum atomic E-state index is -0.601. The number of primary amides is 1. The third-order valence-electron chi connectivity index (χ3n) is 6.37. The van der Waals surface area contributed by atoms with Gasteiger partial charge in [0, 0.05) is 12.3 Å². The van der Waals surface area contributed by atoms with Gasteiger partial charge in [-0.25, -0.2) is 9.67 Å². The smallest absolute Gasteiger partial charge is 0.251 e. The highest BCUT2D eigenvalue weighted by Gasteiger charge is 2.85. The molecule has 0 bridgehead atoms. The van der Waals surface area contributed by atoms with Crippen LogP contribution in [0.5, 0.6) is 5.88 Å². The van der Waals surface area contributed by atoms with Crippen LogP contribution in [0.4, 0.5) is 0 Å². The van der Waals surface area contributed by atoms with E-state index in [-0.39, 0.29) is 10.7 Å². The van der Waals surface area contributed by atoms with Crippen LogP contribution in [0, 0.1) is 16.7 Å². The van der Waals surface area contributed by atoms with Crippen molar-refractivity contribution in [1.82, 2.24) is 14.8 Å². The third kappa shape index (κ3) is 2.20. The van der Waals surface area contributed by atoms with Gasteiger partial charge >= 0.3 is 0 Å². The minimum absolute atomic E-state index is 0.0705. The van der Waals surface area contributed by atoms with E-state index in [0.717, 1.165) is 23.2 Å². The quantitative estimate of drug-likeness (QED) is 0.804. The summed E-state index contributed by atoms with van der Waals surface area (Å²) < 4.78 is 7.40. The Bertz CT molecular complexity index is 852. The van der Waals surface area contributed by atoms with Crippen LogP contribution >= 0.6 is 11.6 Å². The number of fused-ring (bicyclic) bond motifs is 1. The fraction of sp³-hybridized carbons (Fsp3) is 0.500. The van der Waals surface area contributed by atoms with E-state index in [9.17, 15) is 4.79 Å². The van der Waals surface area contributed by atoms with Gasteiger partial charge in [0.15, 0.2) is 5.82 Å². The van der Waals surface area contributed by atoms with Gasteiger partial charge in [0.2, 0.25) is 5.88 Å². The summed E-state index contributed by atoms with van der Waals surface area (Å²) >= 11 is 5.99. The summed E-state index contributed by atoms with van der Waals surface area (Å²) in [6, 6.07) is 5.01. The first kappa shape index (κ1) is 15.2. The first-order chi connectivity index (χ1) is 12.1. The molecular formula is C18H19ClN4O2. The molecule has 0 saturated heterocycles. The van der Waals surface area contributed by atoms with Crippen molar-refractivity contribution in [2.45, 2.75) is 32.1 Å². The number of aromatic nitrogens is 3. The second kappa shape index (κ2) is 4.97.